The third-order valence-electron chi connectivity index (χ3n) is 6.63. The molecule has 7 nitrogen and oxygen atoms in total. The lowest BCUT2D eigenvalue weighted by Crippen LogP contribution is -2.46. The number of nitrogens with one attached hydrogen (secondary N) is 1. The number of amides is 2. The number of fused-ring (bicyclic) bond motifs is 7. The van der Waals surface area contributed by atoms with Gasteiger partial charge in [-0.05, 0) is 74.9 Å². The first kappa shape index (κ1) is 25.8. The average Bonchev–Trinajstić information content (AvgIpc) is 3.33. The van der Waals surface area contributed by atoms with Crippen molar-refractivity contribution in [2.45, 2.75) is 70.6 Å². The van der Waals surface area contributed by atoms with E-state index >= 15 is 0 Å². The minimum atomic E-state index is -4.26. The third-order valence-corrected chi connectivity index (χ3v) is 6.63. The van der Waals surface area contributed by atoms with E-state index < -0.39 is 18.6 Å². The average molecular weight is 504 g/mol. The Morgan fingerprint density at radius 1 is 1.11 bits per heavy atom. The summed E-state index contributed by atoms with van der Waals surface area (Å²) in [6.07, 6.45) is 0.762. The fourth-order valence-electron chi connectivity index (χ4n) is 4.61. The maximum Gasteiger partial charge on any atom is 0.389 e. The van der Waals surface area contributed by atoms with Gasteiger partial charge in [-0.15, -0.1) is 0 Å². The Morgan fingerprint density at radius 3 is 2.72 bits per heavy atom. The first-order chi connectivity index (χ1) is 17.2. The van der Waals surface area contributed by atoms with Crippen LogP contribution in [0.5, 0.6) is 5.88 Å². The first-order valence-corrected chi connectivity index (χ1v) is 12.5. The molecule has 1 N–H and O–H groups in total. The Kier molecular flexibility index (Phi) is 8.01. The van der Waals surface area contributed by atoms with Gasteiger partial charge in [0.15, 0.2) is 0 Å². The molecule has 2 atom stereocenters. The molecule has 4 bridgehead atoms. The summed E-state index contributed by atoms with van der Waals surface area (Å²) in [5.41, 5.74) is 3.45. The van der Waals surface area contributed by atoms with E-state index in [1.165, 1.54) is 0 Å². The number of urea groups is 1. The molecular formula is C26H32F3N5O2. The van der Waals surface area contributed by atoms with Gasteiger partial charge in [-0.1, -0.05) is 6.42 Å². The molecule has 0 aromatic carbocycles. The van der Waals surface area contributed by atoms with Gasteiger partial charge in [0.1, 0.15) is 0 Å². The van der Waals surface area contributed by atoms with E-state index in [0.29, 0.717) is 37.6 Å². The number of carbonyl (C=O) groups is 1. The van der Waals surface area contributed by atoms with Gasteiger partial charge in [-0.3, -0.25) is 4.98 Å². The van der Waals surface area contributed by atoms with E-state index in [9.17, 15) is 18.0 Å². The monoisotopic (exact) mass is 503 g/mol. The predicted molar refractivity (Wildman–Crippen MR) is 131 cm³/mol. The molecule has 36 heavy (non-hydrogen) atoms. The fraction of sp³-hybridized carbons (Fsp3) is 0.500. The summed E-state index contributed by atoms with van der Waals surface area (Å²) < 4.78 is 46.6. The van der Waals surface area contributed by atoms with Gasteiger partial charge in [-0.2, -0.15) is 18.3 Å². The summed E-state index contributed by atoms with van der Waals surface area (Å²) in [7, 11) is 0. The molecule has 3 aromatic heterocycles. The highest BCUT2D eigenvalue weighted by molar-refractivity contribution is 5.75. The van der Waals surface area contributed by atoms with Crippen molar-refractivity contribution < 1.29 is 22.7 Å². The van der Waals surface area contributed by atoms with Gasteiger partial charge in [0.2, 0.25) is 5.88 Å². The zero-order valence-corrected chi connectivity index (χ0v) is 20.6. The first-order valence-electron chi connectivity index (χ1n) is 12.5. The fourth-order valence-corrected chi connectivity index (χ4v) is 4.61. The molecule has 10 heteroatoms. The maximum absolute atomic E-state index is 13.2. The lowest BCUT2D eigenvalue weighted by molar-refractivity contribution is -0.136. The lowest BCUT2D eigenvalue weighted by atomic mass is 10.0. The van der Waals surface area contributed by atoms with Crippen molar-refractivity contribution in [1.29, 1.82) is 0 Å². The number of alkyl halides is 3. The van der Waals surface area contributed by atoms with Gasteiger partial charge >= 0.3 is 12.2 Å². The van der Waals surface area contributed by atoms with Crippen LogP contribution in [0, 0.1) is 0 Å². The van der Waals surface area contributed by atoms with Crippen LogP contribution < -0.4 is 10.1 Å². The van der Waals surface area contributed by atoms with E-state index in [1.807, 2.05) is 44.2 Å². The smallest absolute Gasteiger partial charge is 0.389 e. The Hall–Kier alpha value is -3.30. The van der Waals surface area contributed by atoms with Crippen LogP contribution in [-0.4, -0.2) is 50.9 Å². The highest BCUT2D eigenvalue weighted by Crippen LogP contribution is 2.30. The molecule has 0 saturated heterocycles. The van der Waals surface area contributed by atoms with Crippen LogP contribution >= 0.6 is 0 Å². The van der Waals surface area contributed by atoms with Crippen LogP contribution in [0.1, 0.15) is 64.1 Å². The molecule has 0 spiro atoms. The number of ether oxygens (including phenoxy) is 1. The molecule has 194 valence electrons. The standard InChI is InChI=1S/C26H32F3N5O2/c1-3-33-18(2)23-16-19(9-12-30-23)20-15-22-10-13-31-34(22)24(17-20)36-14-6-4-5-7-21(32-25(33)35)8-11-26(27,28)29/h9-10,12-13,15-18,21H,3-8,11,14H2,1-2H3,(H,32,35)/t18-,21-/m1/s1. The largest absolute Gasteiger partial charge is 0.478 e. The van der Waals surface area contributed by atoms with Crippen molar-refractivity contribution in [3.63, 3.8) is 0 Å². The predicted octanol–water partition coefficient (Wildman–Crippen LogP) is 6.15. The van der Waals surface area contributed by atoms with E-state index in [2.05, 4.69) is 15.4 Å². The molecule has 0 unspecified atom stereocenters. The maximum atomic E-state index is 13.2. The minimum absolute atomic E-state index is 0.144. The zero-order valence-electron chi connectivity index (χ0n) is 20.6. The Labute approximate surface area is 208 Å². The number of pyridine rings is 2. The number of halogens is 3. The van der Waals surface area contributed by atoms with E-state index in [0.717, 1.165) is 29.5 Å². The third kappa shape index (κ3) is 6.27. The van der Waals surface area contributed by atoms with Crippen LogP contribution in [0.15, 0.2) is 42.7 Å². The molecule has 3 aromatic rings. The molecule has 1 aliphatic heterocycles. The molecule has 0 fully saturated rings. The van der Waals surface area contributed by atoms with Crippen LogP contribution in [0.3, 0.4) is 0 Å². The minimum Gasteiger partial charge on any atom is -0.478 e. The summed E-state index contributed by atoms with van der Waals surface area (Å²) in [6, 6.07) is 8.41. The number of carbonyl (C=O) groups excluding carboxylic acids is 1. The SMILES string of the molecule is CCN1C(=O)N[C@@H](CCC(F)(F)F)CCCCCOc2cc(cc3ccnn23)-c2ccnc(c2)[C@H]1C. The van der Waals surface area contributed by atoms with Crippen LogP contribution in [0.4, 0.5) is 18.0 Å². The van der Waals surface area contributed by atoms with Gasteiger partial charge in [0.25, 0.3) is 0 Å². The second-order valence-electron chi connectivity index (χ2n) is 9.18. The topological polar surface area (TPSA) is 71.8 Å². The quantitative estimate of drug-likeness (QED) is 0.465. The number of nitrogens with zero attached hydrogens (tertiary/aromatic N) is 4. The summed E-state index contributed by atoms with van der Waals surface area (Å²) >= 11 is 0. The van der Waals surface area contributed by atoms with Crippen molar-refractivity contribution in [3.8, 4) is 17.0 Å². The van der Waals surface area contributed by atoms with Crippen molar-refractivity contribution in [3.05, 3.63) is 48.4 Å². The Balaban J connectivity index is 1.66. The van der Waals surface area contributed by atoms with Crippen molar-refractivity contribution in [2.24, 2.45) is 0 Å². The van der Waals surface area contributed by atoms with E-state index in [1.54, 1.807) is 21.8 Å². The normalized spacial score (nSPS) is 20.0. The Bertz CT molecular complexity index is 1180. The van der Waals surface area contributed by atoms with Crippen LogP contribution in [0.25, 0.3) is 16.6 Å². The number of hydrogen-bond donors (Lipinski definition) is 1. The van der Waals surface area contributed by atoms with Crippen LogP contribution in [-0.2, 0) is 0 Å². The number of hydrogen-bond acceptors (Lipinski definition) is 4. The zero-order chi connectivity index (χ0) is 25.7. The van der Waals surface area contributed by atoms with E-state index in [4.69, 9.17) is 4.74 Å². The second-order valence-corrected chi connectivity index (χ2v) is 9.18. The molecule has 1 aliphatic rings. The highest BCUT2D eigenvalue weighted by atomic mass is 19.4. The summed E-state index contributed by atoms with van der Waals surface area (Å²) in [5, 5.41) is 7.23. The molecule has 0 saturated carbocycles. The number of rotatable bonds is 3. The number of aromatic nitrogens is 3. The summed E-state index contributed by atoms with van der Waals surface area (Å²) in [6.45, 7) is 4.58. The van der Waals surface area contributed by atoms with Crippen molar-refractivity contribution in [2.75, 3.05) is 13.2 Å². The van der Waals surface area contributed by atoms with Gasteiger partial charge < -0.3 is 15.0 Å². The van der Waals surface area contributed by atoms with Gasteiger partial charge in [0.05, 0.1) is 30.1 Å². The van der Waals surface area contributed by atoms with Gasteiger partial charge in [0, 0.05) is 31.3 Å². The Morgan fingerprint density at radius 2 is 1.94 bits per heavy atom. The van der Waals surface area contributed by atoms with Crippen molar-refractivity contribution >= 4 is 11.5 Å². The lowest BCUT2D eigenvalue weighted by Gasteiger charge is -2.30. The molecule has 0 aliphatic carbocycles. The highest BCUT2D eigenvalue weighted by Gasteiger charge is 2.30. The molecule has 4 rings (SSSR count). The van der Waals surface area contributed by atoms with Gasteiger partial charge in [-0.25, -0.2) is 9.31 Å². The van der Waals surface area contributed by atoms with Crippen LogP contribution in [0.2, 0.25) is 0 Å². The second kappa shape index (κ2) is 11.2. The molecule has 0 radical (unpaired) electrons. The summed E-state index contributed by atoms with van der Waals surface area (Å²) in [4.78, 5) is 19.3. The molecule has 2 amide bonds. The summed E-state index contributed by atoms with van der Waals surface area (Å²) in [5.74, 6) is 0.623. The molecular weight excluding hydrogens is 471 g/mol. The van der Waals surface area contributed by atoms with E-state index in [-0.39, 0.29) is 18.5 Å². The van der Waals surface area contributed by atoms with Crippen molar-refractivity contribution in [1.82, 2.24) is 24.8 Å². The molecule has 4 heterocycles.